The zero-order valence-corrected chi connectivity index (χ0v) is 14.4. The summed E-state index contributed by atoms with van der Waals surface area (Å²) in [6, 6.07) is 7.50. The number of anilines is 1. The SMILES string of the molecule is O=S(=O)(Nc1ccccc1-c1cn2c(n1)CCCC2)N1CCCC1. The van der Waals surface area contributed by atoms with Gasteiger partial charge in [-0.05, 0) is 31.7 Å². The molecule has 1 aromatic heterocycles. The van der Waals surface area contributed by atoms with E-state index < -0.39 is 10.2 Å². The molecule has 3 heterocycles. The van der Waals surface area contributed by atoms with Gasteiger partial charge in [0.15, 0.2) is 0 Å². The summed E-state index contributed by atoms with van der Waals surface area (Å²) in [6.07, 6.45) is 7.22. The van der Waals surface area contributed by atoms with Gasteiger partial charge in [0, 0.05) is 37.8 Å². The van der Waals surface area contributed by atoms with Crippen molar-refractivity contribution < 1.29 is 8.42 Å². The molecular weight excluding hydrogens is 324 g/mol. The molecule has 0 spiro atoms. The number of aromatic nitrogens is 2. The van der Waals surface area contributed by atoms with Crippen LogP contribution in [0.15, 0.2) is 30.5 Å². The Kier molecular flexibility index (Phi) is 4.05. The lowest BCUT2D eigenvalue weighted by Gasteiger charge is -2.18. The normalized spacial score (nSPS) is 18.5. The van der Waals surface area contributed by atoms with Crippen LogP contribution in [0.4, 0.5) is 5.69 Å². The highest BCUT2D eigenvalue weighted by Gasteiger charge is 2.26. The van der Waals surface area contributed by atoms with Crippen molar-refractivity contribution in [2.24, 2.45) is 0 Å². The van der Waals surface area contributed by atoms with Crippen molar-refractivity contribution in [2.75, 3.05) is 17.8 Å². The van der Waals surface area contributed by atoms with Crippen molar-refractivity contribution in [1.82, 2.24) is 13.9 Å². The van der Waals surface area contributed by atoms with E-state index in [1.54, 1.807) is 6.07 Å². The summed E-state index contributed by atoms with van der Waals surface area (Å²) in [7, 11) is -3.50. The number of nitrogens with one attached hydrogen (secondary N) is 1. The fraction of sp³-hybridized carbons (Fsp3) is 0.471. The molecule has 0 amide bonds. The quantitative estimate of drug-likeness (QED) is 0.925. The van der Waals surface area contributed by atoms with E-state index in [2.05, 4.69) is 9.29 Å². The van der Waals surface area contributed by atoms with Crippen molar-refractivity contribution in [3.63, 3.8) is 0 Å². The average Bonchev–Trinajstić information content (AvgIpc) is 3.25. The lowest BCUT2D eigenvalue weighted by molar-refractivity contribution is 0.482. The Bertz CT molecular complexity index is 815. The van der Waals surface area contributed by atoms with Gasteiger partial charge in [0.25, 0.3) is 0 Å². The van der Waals surface area contributed by atoms with Gasteiger partial charge < -0.3 is 4.57 Å². The average molecular weight is 346 g/mol. The summed E-state index contributed by atoms with van der Waals surface area (Å²) in [4.78, 5) is 4.72. The number of nitrogens with zero attached hydrogens (tertiary/aromatic N) is 3. The molecule has 1 N–H and O–H groups in total. The minimum absolute atomic E-state index is 0.594. The third-order valence-electron chi connectivity index (χ3n) is 4.76. The Balaban J connectivity index is 1.67. The molecule has 0 aliphatic carbocycles. The fourth-order valence-corrected chi connectivity index (χ4v) is 4.79. The topological polar surface area (TPSA) is 67.2 Å². The van der Waals surface area contributed by atoms with Gasteiger partial charge in [0.1, 0.15) is 5.82 Å². The third kappa shape index (κ3) is 2.93. The van der Waals surface area contributed by atoms with Crippen molar-refractivity contribution in [3.05, 3.63) is 36.3 Å². The minimum Gasteiger partial charge on any atom is -0.334 e. The van der Waals surface area contributed by atoms with Crippen LogP contribution in [-0.2, 0) is 23.2 Å². The second-order valence-corrected chi connectivity index (χ2v) is 8.12. The summed E-state index contributed by atoms with van der Waals surface area (Å²) < 4.78 is 31.6. The zero-order chi connectivity index (χ0) is 16.6. The summed E-state index contributed by atoms with van der Waals surface area (Å²) >= 11 is 0. The Hall–Kier alpha value is -1.86. The molecule has 0 saturated carbocycles. The minimum atomic E-state index is -3.50. The van der Waals surface area contributed by atoms with E-state index in [4.69, 9.17) is 4.98 Å². The third-order valence-corrected chi connectivity index (χ3v) is 6.28. The Morgan fingerprint density at radius 1 is 1.00 bits per heavy atom. The smallest absolute Gasteiger partial charge is 0.301 e. The molecule has 0 atom stereocenters. The number of hydrogen-bond donors (Lipinski definition) is 1. The van der Waals surface area contributed by atoms with E-state index in [0.29, 0.717) is 18.8 Å². The summed E-state index contributed by atoms with van der Waals surface area (Å²) in [5, 5.41) is 0. The number of hydrogen-bond acceptors (Lipinski definition) is 3. The first-order chi connectivity index (χ1) is 11.6. The fourth-order valence-electron chi connectivity index (χ4n) is 3.47. The van der Waals surface area contributed by atoms with Crippen LogP contribution in [-0.4, -0.2) is 35.4 Å². The van der Waals surface area contributed by atoms with Gasteiger partial charge in [-0.3, -0.25) is 4.72 Å². The molecule has 0 bridgehead atoms. The highest BCUT2D eigenvalue weighted by molar-refractivity contribution is 7.90. The summed E-state index contributed by atoms with van der Waals surface area (Å²) in [5.74, 6) is 1.09. The van der Waals surface area contributed by atoms with Gasteiger partial charge in [-0.15, -0.1) is 0 Å². The molecule has 24 heavy (non-hydrogen) atoms. The maximum Gasteiger partial charge on any atom is 0.301 e. The van der Waals surface area contributed by atoms with E-state index >= 15 is 0 Å². The molecule has 128 valence electrons. The van der Waals surface area contributed by atoms with Crippen molar-refractivity contribution in [3.8, 4) is 11.3 Å². The molecule has 6 nitrogen and oxygen atoms in total. The molecule has 1 fully saturated rings. The van der Waals surface area contributed by atoms with E-state index in [0.717, 1.165) is 42.9 Å². The number of imidazole rings is 1. The van der Waals surface area contributed by atoms with Gasteiger partial charge in [-0.25, -0.2) is 4.98 Å². The van der Waals surface area contributed by atoms with E-state index in [1.165, 1.54) is 17.1 Å². The molecular formula is C17H22N4O2S. The highest BCUT2D eigenvalue weighted by atomic mass is 32.2. The van der Waals surface area contributed by atoms with Crippen LogP contribution in [0.5, 0.6) is 0 Å². The molecule has 4 rings (SSSR count). The Morgan fingerprint density at radius 3 is 2.54 bits per heavy atom. The van der Waals surface area contributed by atoms with Crippen LogP contribution in [0.2, 0.25) is 0 Å². The van der Waals surface area contributed by atoms with Gasteiger partial charge in [0.05, 0.1) is 11.4 Å². The molecule has 0 radical (unpaired) electrons. The molecule has 2 aliphatic heterocycles. The van der Waals surface area contributed by atoms with Crippen molar-refractivity contribution in [1.29, 1.82) is 0 Å². The number of para-hydroxylation sites is 1. The first kappa shape index (κ1) is 15.7. The monoisotopic (exact) mass is 346 g/mol. The molecule has 2 aliphatic rings. The summed E-state index contributed by atoms with van der Waals surface area (Å²) in [5.41, 5.74) is 2.27. The number of fused-ring (bicyclic) bond motifs is 1. The lowest BCUT2D eigenvalue weighted by Crippen LogP contribution is -2.33. The maximum absolute atomic E-state index is 12.6. The van der Waals surface area contributed by atoms with Crippen molar-refractivity contribution >= 4 is 15.9 Å². The first-order valence-electron chi connectivity index (χ1n) is 8.57. The largest absolute Gasteiger partial charge is 0.334 e. The molecule has 7 heteroatoms. The predicted molar refractivity (Wildman–Crippen MR) is 94.0 cm³/mol. The van der Waals surface area contributed by atoms with Crippen LogP contribution in [0.25, 0.3) is 11.3 Å². The van der Waals surface area contributed by atoms with Crippen LogP contribution < -0.4 is 4.72 Å². The van der Waals surface area contributed by atoms with Gasteiger partial charge in [-0.2, -0.15) is 12.7 Å². The van der Waals surface area contributed by atoms with Crippen LogP contribution in [0.1, 0.15) is 31.5 Å². The van der Waals surface area contributed by atoms with Gasteiger partial charge in [-0.1, -0.05) is 18.2 Å². The second-order valence-electron chi connectivity index (χ2n) is 6.45. The zero-order valence-electron chi connectivity index (χ0n) is 13.6. The number of aryl methyl sites for hydroxylation is 2. The van der Waals surface area contributed by atoms with Crippen molar-refractivity contribution in [2.45, 2.75) is 38.6 Å². The first-order valence-corrected chi connectivity index (χ1v) is 10.0. The number of benzene rings is 1. The molecule has 0 unspecified atom stereocenters. The molecule has 1 aromatic carbocycles. The molecule has 2 aromatic rings. The van der Waals surface area contributed by atoms with Crippen LogP contribution in [0, 0.1) is 0 Å². The van der Waals surface area contributed by atoms with E-state index in [1.807, 2.05) is 24.4 Å². The van der Waals surface area contributed by atoms with Crippen LogP contribution in [0.3, 0.4) is 0 Å². The second kappa shape index (κ2) is 6.22. The summed E-state index contributed by atoms with van der Waals surface area (Å²) in [6.45, 7) is 2.18. The predicted octanol–water partition coefficient (Wildman–Crippen LogP) is 2.64. The number of rotatable bonds is 4. The Labute approximate surface area is 142 Å². The maximum atomic E-state index is 12.6. The molecule has 1 saturated heterocycles. The van der Waals surface area contributed by atoms with Gasteiger partial charge in [0.2, 0.25) is 0 Å². The lowest BCUT2D eigenvalue weighted by atomic mass is 10.1. The highest BCUT2D eigenvalue weighted by Crippen LogP contribution is 2.30. The van der Waals surface area contributed by atoms with E-state index in [-0.39, 0.29) is 0 Å². The standard InChI is InChI=1S/C17H22N4O2S/c22-24(23,21-11-5-6-12-21)19-15-8-2-1-7-14(15)16-13-20-10-4-3-9-17(20)18-16/h1-2,7-8,13,19H,3-6,9-12H2. The Morgan fingerprint density at radius 2 is 1.75 bits per heavy atom. The van der Waals surface area contributed by atoms with E-state index in [9.17, 15) is 8.42 Å². The van der Waals surface area contributed by atoms with Crippen LogP contribution >= 0.6 is 0 Å². The van der Waals surface area contributed by atoms with Gasteiger partial charge >= 0.3 is 10.2 Å².